The first-order valence-electron chi connectivity index (χ1n) is 16.5. The van der Waals surface area contributed by atoms with Crippen molar-refractivity contribution >= 4 is 59.7 Å². The van der Waals surface area contributed by atoms with Crippen LogP contribution in [0.2, 0.25) is 0 Å². The van der Waals surface area contributed by atoms with Gasteiger partial charge < -0.3 is 17.0 Å². The van der Waals surface area contributed by atoms with Crippen LogP contribution in [0.5, 0.6) is 0 Å². The Labute approximate surface area is 339 Å². The second-order valence-corrected chi connectivity index (χ2v) is 12.5. The molecule has 5 aromatic rings. The normalized spacial score (nSPS) is 12.0. The van der Waals surface area contributed by atoms with Gasteiger partial charge in [0.2, 0.25) is 0 Å². The number of pyridine rings is 1. The Hall–Kier alpha value is -5.47. The van der Waals surface area contributed by atoms with E-state index in [9.17, 15) is 29.8 Å². The number of aryl methyl sites for hydroxylation is 1. The largest absolute Gasteiger partial charge is 1.00 e. The average Bonchev–Trinajstić information content (AvgIpc) is 3.12. The van der Waals surface area contributed by atoms with Gasteiger partial charge in [-0.05, 0) is 98.6 Å². The van der Waals surface area contributed by atoms with E-state index in [1.54, 1.807) is 24.3 Å². The molecule has 0 saturated heterocycles. The number of nitrogens with one attached hydrogen (secondary N) is 2. The van der Waals surface area contributed by atoms with Gasteiger partial charge in [-0.2, -0.15) is 0 Å². The van der Waals surface area contributed by atoms with Crippen LogP contribution < -0.4 is 44.8 Å². The topological polar surface area (TPSA) is 152 Å². The molecule has 0 saturated carbocycles. The smallest absolute Gasteiger partial charge is 1.00 e. The molecule has 3 radical (unpaired) electrons. The fraction of sp³-hybridized carbons (Fsp3) is 0.175. The van der Waals surface area contributed by atoms with Crippen molar-refractivity contribution in [2.45, 2.75) is 20.3 Å². The third kappa shape index (κ3) is 11.3. The predicted octanol–water partition coefficient (Wildman–Crippen LogP) is 5.03. The summed E-state index contributed by atoms with van der Waals surface area (Å²) in [6, 6.07) is 28.4. The van der Waals surface area contributed by atoms with Gasteiger partial charge in [0, 0.05) is 67.8 Å². The zero-order chi connectivity index (χ0) is 37.4. The molecular formula is C40H40BN6NaO6+. The molecule has 0 fully saturated rings. The van der Waals surface area contributed by atoms with Crippen LogP contribution in [0.25, 0.3) is 16.7 Å². The Bertz CT molecular complexity index is 2220. The zero-order valence-corrected chi connectivity index (χ0v) is 32.9. The van der Waals surface area contributed by atoms with Crippen molar-refractivity contribution in [3.05, 3.63) is 152 Å². The summed E-state index contributed by atoms with van der Waals surface area (Å²) in [6.45, 7) is 4.72. The van der Waals surface area contributed by atoms with Crippen molar-refractivity contribution in [1.29, 1.82) is 0 Å². The van der Waals surface area contributed by atoms with Gasteiger partial charge >= 0.3 is 29.6 Å². The van der Waals surface area contributed by atoms with E-state index in [1.165, 1.54) is 31.6 Å². The second-order valence-electron chi connectivity index (χ2n) is 12.5. The minimum absolute atomic E-state index is 0. The third-order valence-corrected chi connectivity index (χ3v) is 8.47. The van der Waals surface area contributed by atoms with Crippen molar-refractivity contribution in [3.8, 4) is 11.1 Å². The van der Waals surface area contributed by atoms with E-state index in [2.05, 4.69) is 28.7 Å². The van der Waals surface area contributed by atoms with Gasteiger partial charge in [0.25, 0.3) is 11.4 Å². The number of nitro groups is 2. The molecule has 269 valence electrons. The maximum atomic E-state index is 11.5. The van der Waals surface area contributed by atoms with E-state index >= 15 is 0 Å². The molecule has 0 unspecified atom stereocenters. The Morgan fingerprint density at radius 1 is 0.741 bits per heavy atom. The van der Waals surface area contributed by atoms with Crippen LogP contribution in [0.15, 0.2) is 116 Å². The molecule has 12 nitrogen and oxygen atoms in total. The van der Waals surface area contributed by atoms with Crippen molar-refractivity contribution in [1.82, 2.24) is 4.90 Å². The van der Waals surface area contributed by atoms with E-state index in [-0.39, 0.29) is 62.3 Å². The monoisotopic (exact) mass is 734 g/mol. The van der Waals surface area contributed by atoms with Gasteiger partial charge in [-0.3, -0.25) is 29.8 Å². The van der Waals surface area contributed by atoms with Crippen molar-refractivity contribution in [2.24, 2.45) is 7.05 Å². The van der Waals surface area contributed by atoms with Gasteiger partial charge in [-0.15, -0.1) is 0 Å². The number of hydrogen-bond donors (Lipinski definition) is 2. The Kier molecular flexibility index (Phi) is 15.6. The Morgan fingerprint density at radius 3 is 1.72 bits per heavy atom. The van der Waals surface area contributed by atoms with E-state index in [0.717, 1.165) is 47.6 Å². The Morgan fingerprint density at radius 2 is 1.24 bits per heavy atom. The number of carbonyl (C=O) groups is 2. The molecule has 14 heteroatoms. The van der Waals surface area contributed by atoms with Gasteiger partial charge in [-0.1, -0.05) is 30.3 Å². The summed E-state index contributed by atoms with van der Waals surface area (Å²) in [6.07, 6.45) is 7.21. The average molecular weight is 735 g/mol. The van der Waals surface area contributed by atoms with E-state index in [1.807, 2.05) is 84.7 Å². The summed E-state index contributed by atoms with van der Waals surface area (Å²) >= 11 is 0. The number of likely N-dealkylation sites (N-methyl/N-ethyl adjacent to an activating group) is 1. The number of ketones is 2. The molecule has 2 N–H and O–H groups in total. The third-order valence-electron chi connectivity index (χ3n) is 8.47. The quantitative estimate of drug-likeness (QED) is 0.0662. The standard InChI is InChI=1S/C20H21N3O3.C20H17N3O3.B.Na.H/c2*1-14(24)15-8-9-19(20(12-15)23(25)26)21-18-7-3-5-16(11-18)17-6-4-10-22(2)13-17;;;/h3,5-9,11-12,21H,4,10,13H2,1-2H3;3-13H,1-2H3;;;/q;;;+1;-1/p+1. The Balaban J connectivity index is 0.000000360. The maximum absolute atomic E-state index is 11.5. The van der Waals surface area contributed by atoms with Crippen LogP contribution in [0.1, 0.15) is 48.0 Å². The first-order valence-corrected chi connectivity index (χ1v) is 16.5. The number of hydrogen-bond acceptors (Lipinski definition) is 9. The summed E-state index contributed by atoms with van der Waals surface area (Å²) in [5.74, 6) is -0.409. The molecule has 0 bridgehead atoms. The molecule has 1 aliphatic heterocycles. The molecule has 0 aliphatic carbocycles. The van der Waals surface area contributed by atoms with Crippen LogP contribution in [-0.2, 0) is 7.05 Å². The number of rotatable bonds is 10. The first kappa shape index (κ1) is 42.9. The van der Waals surface area contributed by atoms with Crippen molar-refractivity contribution < 1.29 is 55.0 Å². The van der Waals surface area contributed by atoms with E-state index in [0.29, 0.717) is 22.5 Å². The summed E-state index contributed by atoms with van der Waals surface area (Å²) in [4.78, 5) is 47.0. The number of anilines is 4. The molecule has 1 aliphatic rings. The number of nitro benzene ring substituents is 2. The summed E-state index contributed by atoms with van der Waals surface area (Å²) in [7, 11) is 4.04. The van der Waals surface area contributed by atoms with Gasteiger partial charge in [0.15, 0.2) is 24.0 Å². The van der Waals surface area contributed by atoms with Crippen molar-refractivity contribution in [3.63, 3.8) is 0 Å². The number of Topliss-reactive ketones (excluding diaryl/α,β-unsaturated/α-hetero) is 2. The molecule has 0 atom stereocenters. The minimum Gasteiger partial charge on any atom is -1.00 e. The van der Waals surface area contributed by atoms with Crippen LogP contribution in [0.3, 0.4) is 0 Å². The van der Waals surface area contributed by atoms with Crippen LogP contribution in [-0.4, -0.2) is 54.9 Å². The molecule has 6 rings (SSSR count). The zero-order valence-electron chi connectivity index (χ0n) is 31.9. The summed E-state index contributed by atoms with van der Waals surface area (Å²) in [5, 5.41) is 28.9. The number of nitrogens with zero attached hydrogens (tertiary/aromatic N) is 4. The maximum Gasteiger partial charge on any atom is 1.00 e. The first-order chi connectivity index (χ1) is 24.9. The molecule has 2 heterocycles. The van der Waals surface area contributed by atoms with Gasteiger partial charge in [0.05, 0.1) is 9.85 Å². The molecule has 4 aromatic carbocycles. The fourth-order valence-corrected chi connectivity index (χ4v) is 5.76. The summed E-state index contributed by atoms with van der Waals surface area (Å²) < 4.78 is 1.96. The SMILES string of the molecule is CC(=O)c1ccc(Nc2cccc(-c3ccc[n+](C)c3)c2)c([N+](=O)[O-])c1.CC(=O)c1ccc(Nc2cccc(C3=CCCN(C)C3)c2)c([N+](=O)[O-])c1.[B].[H-].[Na+]. The molecule has 1 aromatic heterocycles. The number of aromatic nitrogens is 1. The second kappa shape index (κ2) is 19.6. The predicted molar refractivity (Wildman–Crippen MR) is 209 cm³/mol. The summed E-state index contributed by atoms with van der Waals surface area (Å²) in [5.41, 5.74) is 7.00. The van der Waals surface area contributed by atoms with Crippen LogP contribution in [0, 0.1) is 20.2 Å². The van der Waals surface area contributed by atoms with Crippen LogP contribution >= 0.6 is 0 Å². The van der Waals surface area contributed by atoms with Gasteiger partial charge in [-0.25, -0.2) is 4.57 Å². The van der Waals surface area contributed by atoms with Crippen molar-refractivity contribution in [2.75, 3.05) is 30.8 Å². The van der Waals surface area contributed by atoms with E-state index in [4.69, 9.17) is 0 Å². The molecule has 0 spiro atoms. The molecule has 0 amide bonds. The van der Waals surface area contributed by atoms with Gasteiger partial charge in [0.1, 0.15) is 18.4 Å². The van der Waals surface area contributed by atoms with E-state index < -0.39 is 9.85 Å². The number of carbonyl (C=O) groups excluding carboxylic acids is 2. The molecular weight excluding hydrogens is 694 g/mol. The fourth-order valence-electron chi connectivity index (χ4n) is 5.76. The number of benzene rings is 4. The minimum atomic E-state index is -0.490. The van der Waals surface area contributed by atoms with Crippen LogP contribution in [0.4, 0.5) is 34.1 Å². The molecule has 54 heavy (non-hydrogen) atoms.